The topological polar surface area (TPSA) is 18.5 Å². The minimum atomic E-state index is 0.472. The lowest BCUT2D eigenvalue weighted by Crippen LogP contribution is -2.11. The van der Waals surface area contributed by atoms with Crippen molar-refractivity contribution in [3.05, 3.63) is 59.2 Å². The van der Waals surface area contributed by atoms with E-state index >= 15 is 0 Å². The van der Waals surface area contributed by atoms with Crippen molar-refractivity contribution in [1.29, 1.82) is 0 Å². The number of hydrogen-bond acceptors (Lipinski definition) is 2. The maximum absolute atomic E-state index is 5.46. The first-order valence-corrected chi connectivity index (χ1v) is 7.13. The van der Waals surface area contributed by atoms with Crippen LogP contribution in [0.4, 0.5) is 0 Å². The number of methoxy groups -OCH3 is 2. The monoisotopic (exact) mass is 268 g/mol. The predicted octanol–water partition coefficient (Wildman–Crippen LogP) is 4.17. The van der Waals surface area contributed by atoms with E-state index in [1.54, 1.807) is 14.2 Å². The SMILES string of the molecule is COc1cc2c(cc1OC)C(c1ccccc1)CCC2. The van der Waals surface area contributed by atoms with Crippen molar-refractivity contribution in [3.8, 4) is 11.5 Å². The van der Waals surface area contributed by atoms with Crippen LogP contribution in [-0.2, 0) is 6.42 Å². The smallest absolute Gasteiger partial charge is 0.161 e. The van der Waals surface area contributed by atoms with Gasteiger partial charge in [-0.3, -0.25) is 0 Å². The van der Waals surface area contributed by atoms with Crippen LogP contribution in [-0.4, -0.2) is 14.2 Å². The van der Waals surface area contributed by atoms with E-state index in [2.05, 4.69) is 42.5 Å². The number of rotatable bonds is 3. The molecule has 2 aromatic rings. The Hall–Kier alpha value is -1.96. The van der Waals surface area contributed by atoms with Gasteiger partial charge in [-0.25, -0.2) is 0 Å². The molecule has 3 rings (SSSR count). The Labute approximate surface area is 120 Å². The third-order valence-electron chi connectivity index (χ3n) is 4.16. The van der Waals surface area contributed by atoms with E-state index in [1.807, 2.05) is 0 Å². The van der Waals surface area contributed by atoms with Crippen LogP contribution in [0.2, 0.25) is 0 Å². The van der Waals surface area contributed by atoms with E-state index in [-0.39, 0.29) is 0 Å². The van der Waals surface area contributed by atoms with Crippen LogP contribution in [0.25, 0.3) is 0 Å². The Kier molecular flexibility index (Phi) is 3.64. The minimum Gasteiger partial charge on any atom is -0.493 e. The summed E-state index contributed by atoms with van der Waals surface area (Å²) in [5.41, 5.74) is 4.17. The number of hydrogen-bond donors (Lipinski definition) is 0. The van der Waals surface area contributed by atoms with E-state index in [4.69, 9.17) is 9.47 Å². The fraction of sp³-hybridized carbons (Fsp3) is 0.333. The summed E-state index contributed by atoms with van der Waals surface area (Å²) >= 11 is 0. The van der Waals surface area contributed by atoms with Crippen molar-refractivity contribution < 1.29 is 9.47 Å². The molecule has 0 spiro atoms. The maximum Gasteiger partial charge on any atom is 0.161 e. The molecule has 0 heterocycles. The molecule has 0 aliphatic heterocycles. The van der Waals surface area contributed by atoms with Crippen molar-refractivity contribution in [2.75, 3.05) is 14.2 Å². The van der Waals surface area contributed by atoms with Crippen molar-refractivity contribution in [2.24, 2.45) is 0 Å². The van der Waals surface area contributed by atoms with Gasteiger partial charge in [-0.05, 0) is 48.1 Å². The molecule has 0 aromatic heterocycles. The highest BCUT2D eigenvalue weighted by atomic mass is 16.5. The molecule has 2 nitrogen and oxygen atoms in total. The van der Waals surface area contributed by atoms with Crippen LogP contribution in [0.3, 0.4) is 0 Å². The molecular weight excluding hydrogens is 248 g/mol. The van der Waals surface area contributed by atoms with Gasteiger partial charge in [0.25, 0.3) is 0 Å². The molecule has 2 heteroatoms. The fourth-order valence-corrected chi connectivity index (χ4v) is 3.16. The molecule has 1 aliphatic rings. The summed E-state index contributed by atoms with van der Waals surface area (Å²) in [5, 5.41) is 0. The maximum atomic E-state index is 5.46. The summed E-state index contributed by atoms with van der Waals surface area (Å²) in [4.78, 5) is 0. The average Bonchev–Trinajstić information content (AvgIpc) is 2.53. The lowest BCUT2D eigenvalue weighted by Gasteiger charge is -2.27. The van der Waals surface area contributed by atoms with Gasteiger partial charge in [0.05, 0.1) is 14.2 Å². The Bertz CT molecular complexity index is 590. The van der Waals surface area contributed by atoms with Crippen LogP contribution in [0, 0.1) is 0 Å². The largest absolute Gasteiger partial charge is 0.493 e. The molecular formula is C18H20O2. The van der Waals surface area contributed by atoms with Gasteiger partial charge in [0.15, 0.2) is 11.5 Å². The zero-order chi connectivity index (χ0) is 13.9. The molecule has 1 unspecified atom stereocenters. The highest BCUT2D eigenvalue weighted by molar-refractivity contribution is 5.51. The number of benzene rings is 2. The summed E-state index contributed by atoms with van der Waals surface area (Å²) in [5.74, 6) is 2.13. The van der Waals surface area contributed by atoms with E-state index < -0.39 is 0 Å². The van der Waals surface area contributed by atoms with E-state index in [0.29, 0.717) is 5.92 Å². The first kappa shape index (κ1) is 13.0. The first-order chi connectivity index (χ1) is 9.83. The van der Waals surface area contributed by atoms with E-state index in [9.17, 15) is 0 Å². The van der Waals surface area contributed by atoms with Crippen LogP contribution in [0.1, 0.15) is 35.4 Å². The first-order valence-electron chi connectivity index (χ1n) is 7.13. The van der Waals surface area contributed by atoms with Gasteiger partial charge in [0.2, 0.25) is 0 Å². The van der Waals surface area contributed by atoms with Crippen LogP contribution in [0.15, 0.2) is 42.5 Å². The van der Waals surface area contributed by atoms with Gasteiger partial charge >= 0.3 is 0 Å². The van der Waals surface area contributed by atoms with Gasteiger partial charge in [-0.1, -0.05) is 30.3 Å². The van der Waals surface area contributed by atoms with Gasteiger partial charge in [-0.15, -0.1) is 0 Å². The Morgan fingerprint density at radius 1 is 0.950 bits per heavy atom. The van der Waals surface area contributed by atoms with Gasteiger partial charge < -0.3 is 9.47 Å². The van der Waals surface area contributed by atoms with Crippen LogP contribution in [0.5, 0.6) is 11.5 Å². The predicted molar refractivity (Wildman–Crippen MR) is 80.8 cm³/mol. The van der Waals surface area contributed by atoms with Gasteiger partial charge in [-0.2, -0.15) is 0 Å². The standard InChI is InChI=1S/C18H20O2/c1-19-17-11-14-9-6-10-15(13-7-4-3-5-8-13)16(14)12-18(17)20-2/h3-5,7-8,11-12,15H,6,9-10H2,1-2H3. The quantitative estimate of drug-likeness (QED) is 0.831. The zero-order valence-corrected chi connectivity index (χ0v) is 12.1. The normalized spacial score (nSPS) is 17.4. The molecule has 0 bridgehead atoms. The fourth-order valence-electron chi connectivity index (χ4n) is 3.16. The molecule has 0 saturated heterocycles. The number of fused-ring (bicyclic) bond motifs is 1. The van der Waals surface area contributed by atoms with Gasteiger partial charge in [0.1, 0.15) is 0 Å². The lowest BCUT2D eigenvalue weighted by atomic mass is 9.79. The molecule has 0 radical (unpaired) electrons. The molecule has 2 aromatic carbocycles. The Balaban J connectivity index is 2.08. The van der Waals surface area contributed by atoms with Crippen LogP contribution < -0.4 is 9.47 Å². The van der Waals surface area contributed by atoms with Crippen molar-refractivity contribution >= 4 is 0 Å². The van der Waals surface area contributed by atoms with E-state index in [1.165, 1.54) is 29.5 Å². The Morgan fingerprint density at radius 3 is 2.35 bits per heavy atom. The number of ether oxygens (including phenoxy) is 2. The summed E-state index contributed by atoms with van der Waals surface area (Å²) in [7, 11) is 3.40. The summed E-state index contributed by atoms with van der Waals surface area (Å²) in [6.07, 6.45) is 3.55. The summed E-state index contributed by atoms with van der Waals surface area (Å²) in [6, 6.07) is 15.0. The third-order valence-corrected chi connectivity index (χ3v) is 4.16. The molecule has 0 saturated carbocycles. The number of aryl methyl sites for hydroxylation is 1. The molecule has 0 fully saturated rings. The third kappa shape index (κ3) is 2.26. The minimum absolute atomic E-state index is 0.472. The molecule has 0 N–H and O–H groups in total. The van der Waals surface area contributed by atoms with Crippen LogP contribution >= 0.6 is 0 Å². The van der Waals surface area contributed by atoms with Crippen molar-refractivity contribution in [1.82, 2.24) is 0 Å². The van der Waals surface area contributed by atoms with E-state index in [0.717, 1.165) is 17.9 Å². The second-order valence-electron chi connectivity index (χ2n) is 5.26. The van der Waals surface area contributed by atoms with Crippen molar-refractivity contribution in [2.45, 2.75) is 25.2 Å². The molecule has 20 heavy (non-hydrogen) atoms. The molecule has 0 amide bonds. The second-order valence-corrected chi connectivity index (χ2v) is 5.26. The zero-order valence-electron chi connectivity index (χ0n) is 12.1. The second kappa shape index (κ2) is 5.58. The Morgan fingerprint density at radius 2 is 1.65 bits per heavy atom. The summed E-state index contributed by atoms with van der Waals surface area (Å²) < 4.78 is 10.9. The molecule has 104 valence electrons. The summed E-state index contributed by atoms with van der Waals surface area (Å²) in [6.45, 7) is 0. The molecule has 1 atom stereocenters. The highest BCUT2D eigenvalue weighted by Gasteiger charge is 2.24. The highest BCUT2D eigenvalue weighted by Crippen LogP contribution is 2.41. The average molecular weight is 268 g/mol. The lowest BCUT2D eigenvalue weighted by molar-refractivity contribution is 0.353. The van der Waals surface area contributed by atoms with Gasteiger partial charge in [0, 0.05) is 5.92 Å². The molecule has 1 aliphatic carbocycles. The van der Waals surface area contributed by atoms with Crippen molar-refractivity contribution in [3.63, 3.8) is 0 Å².